The monoisotopic (exact) mass is 453 g/mol. The number of hydrogen-bond donors (Lipinski definition) is 3. The van der Waals surface area contributed by atoms with Crippen LogP contribution in [0, 0.1) is 5.92 Å². The van der Waals surface area contributed by atoms with Crippen LogP contribution in [-0.2, 0) is 33.6 Å². The summed E-state index contributed by atoms with van der Waals surface area (Å²) in [5.74, 6) is -2.73. The van der Waals surface area contributed by atoms with Crippen LogP contribution in [0.25, 0.3) is 0 Å². The van der Waals surface area contributed by atoms with Crippen LogP contribution in [0.4, 0.5) is 4.79 Å². The fourth-order valence-corrected chi connectivity index (χ4v) is 4.74. The molecule has 1 atom stereocenters. The van der Waals surface area contributed by atoms with Gasteiger partial charge in [0.15, 0.2) is 0 Å². The van der Waals surface area contributed by atoms with E-state index in [4.69, 9.17) is 0 Å². The number of nitrogens with zero attached hydrogens (tertiary/aromatic N) is 2. The molecule has 9 heteroatoms. The maximum atomic E-state index is 13.4. The van der Waals surface area contributed by atoms with Crippen LogP contribution in [0.3, 0.4) is 0 Å². The minimum atomic E-state index is -1.36. The van der Waals surface area contributed by atoms with Crippen molar-refractivity contribution in [2.24, 2.45) is 5.92 Å². The molecule has 2 aliphatic rings. The Kier molecular flexibility index (Phi) is 5.92. The Morgan fingerprint density at radius 1 is 1.03 bits per heavy atom. The van der Waals surface area contributed by atoms with Crippen LogP contribution in [0.1, 0.15) is 16.7 Å². The molecule has 2 aromatic carbocycles. The lowest BCUT2D eigenvalue weighted by atomic mass is 9.94. The maximum Gasteiger partial charge on any atom is 0.347 e. The first-order valence-electron chi connectivity index (χ1n) is 10.3. The van der Waals surface area contributed by atoms with Gasteiger partial charge in [-0.25, -0.2) is 4.79 Å². The average Bonchev–Trinajstić information content (AvgIpc) is 3.26. The zero-order valence-corrected chi connectivity index (χ0v) is 18.1. The molecular formula is C23H23N3O5S. The number of amides is 4. The fraction of sp³-hybridized carbons (Fsp3) is 0.304. The van der Waals surface area contributed by atoms with Gasteiger partial charge in [-0.05, 0) is 23.1 Å². The first-order valence-corrected chi connectivity index (χ1v) is 10.9. The van der Waals surface area contributed by atoms with Crippen LogP contribution >= 0.6 is 12.6 Å². The first-order chi connectivity index (χ1) is 15.4. The maximum absolute atomic E-state index is 13.4. The summed E-state index contributed by atoms with van der Waals surface area (Å²) in [5, 5.41) is 10.1. The summed E-state index contributed by atoms with van der Waals surface area (Å²) < 4.78 is 0. The number of urea groups is 1. The lowest BCUT2D eigenvalue weighted by Gasteiger charge is -2.29. The summed E-state index contributed by atoms with van der Waals surface area (Å²) in [6.07, 6.45) is 0.794. The van der Waals surface area contributed by atoms with Crippen LogP contribution in [0.15, 0.2) is 54.6 Å². The van der Waals surface area contributed by atoms with Crippen molar-refractivity contribution >= 4 is 36.4 Å². The third-order valence-electron chi connectivity index (χ3n) is 6.06. The molecular weight excluding hydrogens is 430 g/mol. The van der Waals surface area contributed by atoms with Gasteiger partial charge in [-0.1, -0.05) is 54.6 Å². The van der Waals surface area contributed by atoms with E-state index in [1.807, 2.05) is 54.6 Å². The third kappa shape index (κ3) is 3.84. The Balaban J connectivity index is 1.58. The van der Waals surface area contributed by atoms with E-state index in [0.717, 1.165) is 21.6 Å². The number of rotatable bonds is 7. The number of carbonyl (C=O) groups excluding carboxylic acids is 3. The molecule has 1 aliphatic heterocycles. The summed E-state index contributed by atoms with van der Waals surface area (Å²) >= 11 is 4.27. The molecule has 1 aliphatic carbocycles. The Hall–Kier alpha value is -3.33. The molecule has 0 radical (unpaired) electrons. The predicted molar refractivity (Wildman–Crippen MR) is 119 cm³/mol. The predicted octanol–water partition coefficient (Wildman–Crippen LogP) is 1.69. The van der Waals surface area contributed by atoms with Crippen LogP contribution in [-0.4, -0.2) is 56.7 Å². The van der Waals surface area contributed by atoms with E-state index in [1.54, 1.807) is 0 Å². The van der Waals surface area contributed by atoms with Gasteiger partial charge in [0.05, 0.1) is 5.92 Å². The van der Waals surface area contributed by atoms with E-state index < -0.39 is 41.8 Å². The highest BCUT2D eigenvalue weighted by atomic mass is 32.1. The van der Waals surface area contributed by atoms with Crippen molar-refractivity contribution in [1.29, 1.82) is 0 Å². The number of thiol groups is 1. The molecule has 2 aromatic rings. The van der Waals surface area contributed by atoms with Crippen molar-refractivity contribution in [2.75, 3.05) is 12.3 Å². The largest absolute Gasteiger partial charge is 0.480 e. The van der Waals surface area contributed by atoms with E-state index in [1.165, 1.54) is 0 Å². The van der Waals surface area contributed by atoms with Gasteiger partial charge in [-0.3, -0.25) is 24.7 Å². The molecule has 0 bridgehead atoms. The molecule has 1 fully saturated rings. The van der Waals surface area contributed by atoms with Crippen molar-refractivity contribution in [1.82, 2.24) is 15.3 Å². The summed E-state index contributed by atoms with van der Waals surface area (Å²) in [6.45, 7) is -0.634. The molecule has 1 spiro atoms. The van der Waals surface area contributed by atoms with Gasteiger partial charge in [0, 0.05) is 18.6 Å². The average molecular weight is 454 g/mol. The van der Waals surface area contributed by atoms with Crippen LogP contribution in [0.5, 0.6) is 0 Å². The van der Waals surface area contributed by atoms with Crippen molar-refractivity contribution in [2.45, 2.75) is 24.8 Å². The Bertz CT molecular complexity index is 1050. The summed E-state index contributed by atoms with van der Waals surface area (Å²) in [5.41, 5.74) is 3.78. The fourth-order valence-electron chi connectivity index (χ4n) is 4.44. The molecule has 166 valence electrons. The van der Waals surface area contributed by atoms with E-state index in [2.05, 4.69) is 18.1 Å². The van der Waals surface area contributed by atoms with Gasteiger partial charge >= 0.3 is 12.0 Å². The molecule has 1 unspecified atom stereocenters. The number of carbonyl (C=O) groups is 4. The first kappa shape index (κ1) is 21.9. The second-order valence-corrected chi connectivity index (χ2v) is 8.47. The quantitative estimate of drug-likeness (QED) is 0.437. The zero-order valence-electron chi connectivity index (χ0n) is 17.2. The van der Waals surface area contributed by atoms with Gasteiger partial charge in [0.1, 0.15) is 12.1 Å². The second-order valence-electron chi connectivity index (χ2n) is 8.10. The van der Waals surface area contributed by atoms with E-state index >= 15 is 0 Å². The number of hydrogen-bond acceptors (Lipinski definition) is 5. The molecule has 0 aromatic heterocycles. The number of benzene rings is 2. The molecule has 0 saturated carbocycles. The number of imide groups is 1. The minimum absolute atomic E-state index is 0.202. The normalized spacial score (nSPS) is 17.5. The Morgan fingerprint density at radius 3 is 2.19 bits per heavy atom. The van der Waals surface area contributed by atoms with Crippen molar-refractivity contribution < 1.29 is 24.3 Å². The van der Waals surface area contributed by atoms with Crippen molar-refractivity contribution in [3.63, 3.8) is 0 Å². The smallest absolute Gasteiger partial charge is 0.347 e. The van der Waals surface area contributed by atoms with Gasteiger partial charge < -0.3 is 5.11 Å². The van der Waals surface area contributed by atoms with Gasteiger partial charge in [0.2, 0.25) is 5.91 Å². The lowest BCUT2D eigenvalue weighted by molar-refractivity contribution is -0.142. The summed E-state index contributed by atoms with van der Waals surface area (Å²) in [6, 6.07) is 15.9. The highest BCUT2D eigenvalue weighted by Gasteiger charge is 2.60. The number of carboxylic acid groups (broad SMARTS) is 1. The molecule has 4 amide bonds. The number of nitrogens with one attached hydrogen (secondary N) is 1. The van der Waals surface area contributed by atoms with Crippen molar-refractivity contribution in [3.8, 4) is 0 Å². The van der Waals surface area contributed by atoms with E-state index in [-0.39, 0.29) is 18.6 Å². The highest BCUT2D eigenvalue weighted by Crippen LogP contribution is 2.40. The minimum Gasteiger partial charge on any atom is -0.480 e. The van der Waals surface area contributed by atoms with Crippen LogP contribution in [0.2, 0.25) is 0 Å². The molecule has 4 rings (SSSR count). The second kappa shape index (κ2) is 8.66. The summed E-state index contributed by atoms with van der Waals surface area (Å²) in [7, 11) is 0. The molecule has 1 heterocycles. The number of fused-ring (bicyclic) bond motifs is 1. The van der Waals surface area contributed by atoms with E-state index in [0.29, 0.717) is 11.4 Å². The standard InChI is InChI=1S/C23H23N3O5S/c27-19(28)13-25-22(31)26(21(30)23(25)11-16-8-4-5-9-17(16)12-23)24-20(29)18(14-32)10-15-6-2-1-3-7-15/h1-9,18,32H,10-14H2,(H,24,29)(H,27,28). The number of aliphatic carboxylic acids is 1. The van der Waals surface area contributed by atoms with Gasteiger partial charge in [0.25, 0.3) is 5.91 Å². The molecule has 8 nitrogen and oxygen atoms in total. The molecule has 1 saturated heterocycles. The zero-order chi connectivity index (χ0) is 22.9. The Morgan fingerprint density at radius 2 is 1.62 bits per heavy atom. The number of carboxylic acids is 1. The topological polar surface area (TPSA) is 107 Å². The SMILES string of the molecule is O=C(O)CN1C(=O)N(NC(=O)C(CS)Cc2ccccc2)C(=O)C12Cc1ccccc1C2. The van der Waals surface area contributed by atoms with Gasteiger partial charge in [-0.2, -0.15) is 17.6 Å². The lowest BCUT2D eigenvalue weighted by Crippen LogP contribution is -2.53. The number of hydrazine groups is 1. The van der Waals surface area contributed by atoms with Crippen molar-refractivity contribution in [3.05, 3.63) is 71.3 Å². The summed E-state index contributed by atoms with van der Waals surface area (Å²) in [4.78, 5) is 52.0. The highest BCUT2D eigenvalue weighted by molar-refractivity contribution is 7.80. The molecule has 2 N–H and O–H groups in total. The molecule has 32 heavy (non-hydrogen) atoms. The third-order valence-corrected chi connectivity index (χ3v) is 6.50. The van der Waals surface area contributed by atoms with Gasteiger partial charge in [-0.15, -0.1) is 0 Å². The van der Waals surface area contributed by atoms with E-state index in [9.17, 15) is 24.3 Å². The van der Waals surface area contributed by atoms with Crippen LogP contribution < -0.4 is 5.43 Å². The Labute approximate surface area is 190 Å².